The van der Waals surface area contributed by atoms with Gasteiger partial charge in [-0.15, -0.1) is 0 Å². The van der Waals surface area contributed by atoms with Gasteiger partial charge in [0, 0.05) is 0 Å². The highest BCUT2D eigenvalue weighted by Gasteiger charge is 2.18. The zero-order valence-electron chi connectivity index (χ0n) is 11.8. The summed E-state index contributed by atoms with van der Waals surface area (Å²) in [7, 11) is 2.30. The number of benzene rings is 1. The highest BCUT2D eigenvalue weighted by atomic mass is 16.5. The summed E-state index contributed by atoms with van der Waals surface area (Å²) in [6.07, 6.45) is 0.893. The predicted octanol–water partition coefficient (Wildman–Crippen LogP) is 1.34. The molecule has 1 aromatic carbocycles. The van der Waals surface area contributed by atoms with E-state index in [1.54, 1.807) is 19.1 Å². The van der Waals surface area contributed by atoms with E-state index in [4.69, 9.17) is 5.11 Å². The van der Waals surface area contributed by atoms with E-state index in [1.165, 1.54) is 6.07 Å². The molecular formula is C14H15NO6. The summed E-state index contributed by atoms with van der Waals surface area (Å²) in [6, 6.07) is 4.62. The number of carboxylic acid groups (broad SMARTS) is 1. The van der Waals surface area contributed by atoms with E-state index in [9.17, 15) is 14.4 Å². The molecule has 0 amide bonds. The first-order valence-corrected chi connectivity index (χ1v) is 5.88. The van der Waals surface area contributed by atoms with Gasteiger partial charge in [-0.1, -0.05) is 12.1 Å². The molecule has 0 heterocycles. The number of carbonyl (C=O) groups is 3. The average molecular weight is 293 g/mol. The Labute approximate surface area is 121 Å². The van der Waals surface area contributed by atoms with Crippen molar-refractivity contribution in [2.24, 2.45) is 0 Å². The molecule has 0 radical (unpaired) electrons. The maximum atomic E-state index is 11.7. The Hall–Kier alpha value is -2.83. The summed E-state index contributed by atoms with van der Waals surface area (Å²) in [5.74, 6) is -2.75. The number of carboxylic acids is 1. The SMILES string of the molecule is COC(=O)/C=C(/Nc1c(C)cccc1C(=O)O)C(=O)OC. The fraction of sp³-hybridized carbons (Fsp3) is 0.214. The lowest BCUT2D eigenvalue weighted by molar-refractivity contribution is -0.138. The van der Waals surface area contributed by atoms with Crippen LogP contribution < -0.4 is 5.32 Å². The molecule has 0 saturated heterocycles. The normalized spacial score (nSPS) is 10.7. The first-order chi connectivity index (χ1) is 9.90. The Morgan fingerprint density at radius 3 is 2.38 bits per heavy atom. The van der Waals surface area contributed by atoms with E-state index < -0.39 is 17.9 Å². The minimum Gasteiger partial charge on any atom is -0.478 e. The van der Waals surface area contributed by atoms with E-state index in [2.05, 4.69) is 14.8 Å². The lowest BCUT2D eigenvalue weighted by Gasteiger charge is -2.13. The van der Waals surface area contributed by atoms with Crippen LogP contribution in [-0.2, 0) is 19.1 Å². The van der Waals surface area contributed by atoms with E-state index in [1.807, 2.05) is 0 Å². The van der Waals surface area contributed by atoms with E-state index in [0.717, 1.165) is 20.3 Å². The van der Waals surface area contributed by atoms with Crippen LogP contribution in [0.1, 0.15) is 15.9 Å². The summed E-state index contributed by atoms with van der Waals surface area (Å²) in [4.78, 5) is 34.1. The number of hydrogen-bond donors (Lipinski definition) is 2. The molecule has 7 nitrogen and oxygen atoms in total. The van der Waals surface area contributed by atoms with Crippen LogP contribution in [0.15, 0.2) is 30.0 Å². The third-order valence-electron chi connectivity index (χ3n) is 2.63. The fourth-order valence-electron chi connectivity index (χ4n) is 1.58. The highest BCUT2D eigenvalue weighted by molar-refractivity contribution is 6.01. The molecule has 7 heteroatoms. The van der Waals surface area contributed by atoms with Gasteiger partial charge in [-0.2, -0.15) is 0 Å². The van der Waals surface area contributed by atoms with Crippen LogP contribution in [0.3, 0.4) is 0 Å². The molecule has 1 aromatic rings. The van der Waals surface area contributed by atoms with Crippen molar-refractivity contribution in [3.05, 3.63) is 41.1 Å². The molecule has 0 aromatic heterocycles. The summed E-state index contributed by atoms with van der Waals surface area (Å²) >= 11 is 0. The number of methoxy groups -OCH3 is 2. The summed E-state index contributed by atoms with van der Waals surface area (Å²) in [5, 5.41) is 11.8. The van der Waals surface area contributed by atoms with Gasteiger partial charge in [-0.05, 0) is 18.6 Å². The lowest BCUT2D eigenvalue weighted by Crippen LogP contribution is -2.17. The molecule has 1 rings (SSSR count). The van der Waals surface area contributed by atoms with E-state index >= 15 is 0 Å². The van der Waals surface area contributed by atoms with Gasteiger partial charge in [-0.25, -0.2) is 14.4 Å². The van der Waals surface area contributed by atoms with Gasteiger partial charge in [0.1, 0.15) is 5.70 Å². The van der Waals surface area contributed by atoms with Crippen LogP contribution in [0.2, 0.25) is 0 Å². The summed E-state index contributed by atoms with van der Waals surface area (Å²) < 4.78 is 8.99. The number of hydrogen-bond acceptors (Lipinski definition) is 6. The van der Waals surface area contributed by atoms with Crippen molar-refractivity contribution >= 4 is 23.6 Å². The van der Waals surface area contributed by atoms with Crippen molar-refractivity contribution in [1.82, 2.24) is 0 Å². The minimum atomic E-state index is -1.16. The zero-order valence-corrected chi connectivity index (χ0v) is 11.8. The number of rotatable bonds is 5. The van der Waals surface area contributed by atoms with Gasteiger partial charge < -0.3 is 19.9 Å². The quantitative estimate of drug-likeness (QED) is 0.623. The van der Waals surface area contributed by atoms with Gasteiger partial charge >= 0.3 is 17.9 Å². The number of anilines is 1. The largest absolute Gasteiger partial charge is 0.478 e. The van der Waals surface area contributed by atoms with E-state index in [0.29, 0.717) is 5.56 Å². The second-order valence-corrected chi connectivity index (χ2v) is 4.00. The molecular weight excluding hydrogens is 278 g/mol. The second kappa shape index (κ2) is 7.09. The topological polar surface area (TPSA) is 102 Å². The number of aromatic carboxylic acids is 1. The Morgan fingerprint density at radius 2 is 1.86 bits per heavy atom. The Morgan fingerprint density at radius 1 is 1.19 bits per heavy atom. The molecule has 0 aliphatic carbocycles. The first-order valence-electron chi connectivity index (χ1n) is 5.88. The van der Waals surface area contributed by atoms with Crippen molar-refractivity contribution in [1.29, 1.82) is 0 Å². The lowest BCUT2D eigenvalue weighted by atomic mass is 10.1. The van der Waals surface area contributed by atoms with Gasteiger partial charge in [0.05, 0.1) is 31.5 Å². The number of ether oxygens (including phenoxy) is 2. The summed E-state index contributed by atoms with van der Waals surface area (Å²) in [5.41, 5.74) is 0.538. The van der Waals surface area contributed by atoms with Crippen LogP contribution in [0.4, 0.5) is 5.69 Å². The van der Waals surface area contributed by atoms with Crippen molar-refractivity contribution in [3.8, 4) is 0 Å². The van der Waals surface area contributed by atoms with Gasteiger partial charge in [-0.3, -0.25) is 0 Å². The standard InChI is InChI=1S/C14H15NO6/c1-8-5-4-6-9(13(17)18)12(8)15-10(14(19)21-3)7-11(16)20-2/h4-7,15H,1-3H3,(H,17,18)/b10-7+. The van der Waals surface area contributed by atoms with Crippen LogP contribution in [0, 0.1) is 6.92 Å². The molecule has 0 atom stereocenters. The fourth-order valence-corrected chi connectivity index (χ4v) is 1.58. The minimum absolute atomic E-state index is 0.0327. The molecule has 112 valence electrons. The molecule has 0 unspecified atom stereocenters. The zero-order chi connectivity index (χ0) is 16.0. The third-order valence-corrected chi connectivity index (χ3v) is 2.63. The van der Waals surface area contributed by atoms with Crippen molar-refractivity contribution in [2.75, 3.05) is 19.5 Å². The maximum Gasteiger partial charge on any atom is 0.354 e. The molecule has 0 spiro atoms. The number of nitrogens with one attached hydrogen (secondary N) is 1. The molecule has 21 heavy (non-hydrogen) atoms. The molecule has 0 aliphatic rings. The van der Waals surface area contributed by atoms with Crippen LogP contribution in [0.25, 0.3) is 0 Å². The maximum absolute atomic E-state index is 11.7. The molecule has 0 aliphatic heterocycles. The van der Waals surface area contributed by atoms with Crippen molar-refractivity contribution in [2.45, 2.75) is 6.92 Å². The number of aryl methyl sites for hydroxylation is 1. The molecule has 0 bridgehead atoms. The van der Waals surface area contributed by atoms with Crippen LogP contribution in [-0.4, -0.2) is 37.2 Å². The molecule has 2 N–H and O–H groups in total. The average Bonchev–Trinajstić information content (AvgIpc) is 2.46. The van der Waals surface area contributed by atoms with Crippen molar-refractivity contribution < 1.29 is 29.0 Å². The van der Waals surface area contributed by atoms with E-state index in [-0.39, 0.29) is 16.9 Å². The first kappa shape index (κ1) is 16.2. The van der Waals surface area contributed by atoms with Crippen molar-refractivity contribution in [3.63, 3.8) is 0 Å². The van der Waals surface area contributed by atoms with Gasteiger partial charge in [0.25, 0.3) is 0 Å². The Kier molecular flexibility index (Phi) is 5.48. The Balaban J connectivity index is 3.27. The molecule has 0 fully saturated rings. The monoisotopic (exact) mass is 293 g/mol. The number of para-hydroxylation sites is 1. The Bertz CT molecular complexity index is 605. The number of esters is 2. The second-order valence-electron chi connectivity index (χ2n) is 4.00. The molecule has 0 saturated carbocycles. The summed E-state index contributed by atoms with van der Waals surface area (Å²) in [6.45, 7) is 1.67. The van der Waals surface area contributed by atoms with Crippen LogP contribution >= 0.6 is 0 Å². The highest BCUT2D eigenvalue weighted by Crippen LogP contribution is 2.22. The van der Waals surface area contributed by atoms with Crippen LogP contribution in [0.5, 0.6) is 0 Å². The predicted molar refractivity (Wildman–Crippen MR) is 73.9 cm³/mol. The van der Waals surface area contributed by atoms with Gasteiger partial charge in [0.2, 0.25) is 0 Å². The smallest absolute Gasteiger partial charge is 0.354 e. The third kappa shape index (κ3) is 4.07. The van der Waals surface area contributed by atoms with Gasteiger partial charge in [0.15, 0.2) is 0 Å². The number of carbonyl (C=O) groups excluding carboxylic acids is 2.